The van der Waals surface area contributed by atoms with Crippen molar-refractivity contribution in [3.8, 4) is 5.82 Å². The van der Waals surface area contributed by atoms with Crippen molar-refractivity contribution in [1.82, 2.24) is 25.1 Å². The number of nitrogens with zero attached hydrogens (tertiary/aromatic N) is 4. The van der Waals surface area contributed by atoms with Crippen LogP contribution in [0.4, 0.5) is 0 Å². The average Bonchev–Trinajstić information content (AvgIpc) is 3.10. The van der Waals surface area contributed by atoms with E-state index >= 15 is 0 Å². The van der Waals surface area contributed by atoms with Gasteiger partial charge in [-0.3, -0.25) is 9.36 Å². The summed E-state index contributed by atoms with van der Waals surface area (Å²) in [5, 5.41) is 10.9. The van der Waals surface area contributed by atoms with E-state index in [0.717, 1.165) is 5.56 Å². The molecule has 0 radical (unpaired) electrons. The Morgan fingerprint density at radius 1 is 1.14 bits per heavy atom. The lowest BCUT2D eigenvalue weighted by Crippen LogP contribution is -2.27. The molecule has 0 aliphatic heterocycles. The molecule has 6 heteroatoms. The van der Waals surface area contributed by atoms with Crippen molar-refractivity contribution in [1.29, 1.82) is 0 Å². The van der Waals surface area contributed by atoms with E-state index in [0.29, 0.717) is 5.82 Å². The average molecular weight is 293 g/mol. The van der Waals surface area contributed by atoms with Crippen LogP contribution in [0.2, 0.25) is 0 Å². The molecule has 1 aromatic carbocycles. The molecule has 0 aliphatic carbocycles. The first-order valence-electron chi connectivity index (χ1n) is 6.92. The van der Waals surface area contributed by atoms with E-state index in [9.17, 15) is 4.79 Å². The number of amides is 1. The molecule has 1 amide bonds. The van der Waals surface area contributed by atoms with Gasteiger partial charge in [-0.25, -0.2) is 4.98 Å². The van der Waals surface area contributed by atoms with Gasteiger partial charge in [0.2, 0.25) is 0 Å². The molecule has 0 fully saturated rings. The van der Waals surface area contributed by atoms with Gasteiger partial charge in [-0.05, 0) is 24.6 Å². The van der Waals surface area contributed by atoms with E-state index in [1.165, 1.54) is 0 Å². The van der Waals surface area contributed by atoms with Crippen LogP contribution < -0.4 is 5.32 Å². The summed E-state index contributed by atoms with van der Waals surface area (Å²) in [7, 11) is 0. The highest BCUT2D eigenvalue weighted by Crippen LogP contribution is 2.12. The molecular weight excluding hydrogens is 278 g/mol. The maximum atomic E-state index is 12.2. The topological polar surface area (TPSA) is 72.7 Å². The maximum Gasteiger partial charge on any atom is 0.272 e. The van der Waals surface area contributed by atoms with Crippen LogP contribution in [0.3, 0.4) is 0 Å². The fourth-order valence-corrected chi connectivity index (χ4v) is 2.07. The van der Waals surface area contributed by atoms with Gasteiger partial charge in [-0.2, -0.15) is 0 Å². The molecule has 0 bridgehead atoms. The van der Waals surface area contributed by atoms with Crippen LogP contribution in [-0.4, -0.2) is 25.7 Å². The molecule has 0 saturated carbocycles. The van der Waals surface area contributed by atoms with E-state index in [-0.39, 0.29) is 17.6 Å². The number of rotatable bonds is 4. The third-order valence-corrected chi connectivity index (χ3v) is 3.30. The second-order valence-corrected chi connectivity index (χ2v) is 4.85. The molecule has 0 spiro atoms. The Hall–Kier alpha value is -3.02. The summed E-state index contributed by atoms with van der Waals surface area (Å²) in [6, 6.07) is 13.1. The van der Waals surface area contributed by atoms with Crippen LogP contribution >= 0.6 is 0 Å². The quantitative estimate of drug-likeness (QED) is 0.800. The van der Waals surface area contributed by atoms with Crippen LogP contribution in [0.5, 0.6) is 0 Å². The van der Waals surface area contributed by atoms with Crippen molar-refractivity contribution in [3.63, 3.8) is 0 Å². The number of hydrogen-bond donors (Lipinski definition) is 1. The predicted molar refractivity (Wildman–Crippen MR) is 81.5 cm³/mol. The maximum absolute atomic E-state index is 12.2. The van der Waals surface area contributed by atoms with Gasteiger partial charge < -0.3 is 5.32 Å². The lowest BCUT2D eigenvalue weighted by atomic mass is 10.1. The lowest BCUT2D eigenvalue weighted by molar-refractivity contribution is 0.0934. The zero-order valence-corrected chi connectivity index (χ0v) is 12.0. The molecule has 1 N–H and O–H groups in total. The van der Waals surface area contributed by atoms with Gasteiger partial charge in [0.1, 0.15) is 6.33 Å². The van der Waals surface area contributed by atoms with Crippen LogP contribution in [0, 0.1) is 0 Å². The van der Waals surface area contributed by atoms with Crippen LogP contribution in [-0.2, 0) is 0 Å². The van der Waals surface area contributed by atoms with Crippen molar-refractivity contribution in [2.24, 2.45) is 0 Å². The van der Waals surface area contributed by atoms with Crippen molar-refractivity contribution in [3.05, 3.63) is 72.4 Å². The van der Waals surface area contributed by atoms with Crippen LogP contribution in [0.1, 0.15) is 29.0 Å². The second kappa shape index (κ2) is 6.17. The molecule has 1 unspecified atom stereocenters. The van der Waals surface area contributed by atoms with Gasteiger partial charge >= 0.3 is 0 Å². The Morgan fingerprint density at radius 2 is 1.95 bits per heavy atom. The Bertz CT molecular complexity index is 738. The standard InChI is InChI=1S/C16H15N5O/c1-12(13-5-3-2-4-6-13)18-16(22)14-7-8-15(20-19-14)21-10-9-17-11-21/h2-12H,1H3,(H,18,22). The largest absolute Gasteiger partial charge is 0.344 e. The first kappa shape index (κ1) is 13.9. The first-order valence-corrected chi connectivity index (χ1v) is 6.92. The summed E-state index contributed by atoms with van der Waals surface area (Å²) < 4.78 is 1.72. The third kappa shape index (κ3) is 3.01. The summed E-state index contributed by atoms with van der Waals surface area (Å²) in [6.07, 6.45) is 5.05. The Kier molecular flexibility index (Phi) is 3.91. The second-order valence-electron chi connectivity index (χ2n) is 4.85. The van der Waals surface area contributed by atoms with Crippen LogP contribution in [0.15, 0.2) is 61.2 Å². The first-order chi connectivity index (χ1) is 10.7. The fourth-order valence-electron chi connectivity index (χ4n) is 2.07. The molecule has 2 aromatic heterocycles. The number of aromatic nitrogens is 4. The number of carbonyl (C=O) groups excluding carboxylic acids is 1. The van der Waals surface area contributed by atoms with Gasteiger partial charge in [0.25, 0.3) is 5.91 Å². The van der Waals surface area contributed by atoms with E-state index in [2.05, 4.69) is 20.5 Å². The summed E-state index contributed by atoms with van der Waals surface area (Å²) in [5.74, 6) is 0.367. The van der Waals surface area contributed by atoms with Gasteiger partial charge in [0, 0.05) is 12.4 Å². The summed E-state index contributed by atoms with van der Waals surface area (Å²) in [4.78, 5) is 16.1. The minimum Gasteiger partial charge on any atom is -0.344 e. The number of carbonyl (C=O) groups is 1. The van der Waals surface area contributed by atoms with Crippen molar-refractivity contribution < 1.29 is 4.79 Å². The fraction of sp³-hybridized carbons (Fsp3) is 0.125. The zero-order chi connectivity index (χ0) is 15.4. The van der Waals surface area contributed by atoms with Crippen molar-refractivity contribution in [2.75, 3.05) is 0 Å². The molecule has 0 aliphatic rings. The smallest absolute Gasteiger partial charge is 0.272 e. The van der Waals surface area contributed by atoms with Crippen molar-refractivity contribution in [2.45, 2.75) is 13.0 Å². The Morgan fingerprint density at radius 3 is 2.59 bits per heavy atom. The SMILES string of the molecule is CC(NC(=O)c1ccc(-n2ccnc2)nn1)c1ccccc1. The minimum atomic E-state index is -0.249. The molecule has 0 saturated heterocycles. The molecule has 2 heterocycles. The summed E-state index contributed by atoms with van der Waals surface area (Å²) >= 11 is 0. The van der Waals surface area contributed by atoms with Gasteiger partial charge in [0.15, 0.2) is 11.5 Å². The minimum absolute atomic E-state index is 0.0937. The highest BCUT2D eigenvalue weighted by atomic mass is 16.2. The molecule has 1 atom stereocenters. The number of nitrogens with one attached hydrogen (secondary N) is 1. The van der Waals surface area contributed by atoms with E-state index < -0.39 is 0 Å². The van der Waals surface area contributed by atoms with E-state index in [1.807, 2.05) is 37.3 Å². The predicted octanol–water partition coefficient (Wildman–Crippen LogP) is 2.15. The third-order valence-electron chi connectivity index (χ3n) is 3.30. The lowest BCUT2D eigenvalue weighted by Gasteiger charge is -2.13. The number of benzene rings is 1. The number of imidazole rings is 1. The summed E-state index contributed by atoms with van der Waals surface area (Å²) in [6.45, 7) is 1.93. The molecule has 22 heavy (non-hydrogen) atoms. The molecule has 110 valence electrons. The normalized spacial score (nSPS) is 11.9. The molecular formula is C16H15N5O. The summed E-state index contributed by atoms with van der Waals surface area (Å²) in [5.41, 5.74) is 1.32. The monoisotopic (exact) mass is 293 g/mol. The van der Waals surface area contributed by atoms with Crippen LogP contribution in [0.25, 0.3) is 5.82 Å². The van der Waals surface area contributed by atoms with Crippen molar-refractivity contribution >= 4 is 5.91 Å². The highest BCUT2D eigenvalue weighted by molar-refractivity contribution is 5.92. The molecule has 3 aromatic rings. The molecule has 3 rings (SSSR count). The Labute approximate surface area is 127 Å². The number of hydrogen-bond acceptors (Lipinski definition) is 4. The van der Waals surface area contributed by atoms with E-state index in [1.54, 1.807) is 35.4 Å². The van der Waals surface area contributed by atoms with Gasteiger partial charge in [-0.1, -0.05) is 30.3 Å². The Balaban J connectivity index is 1.70. The zero-order valence-electron chi connectivity index (χ0n) is 12.0. The highest BCUT2D eigenvalue weighted by Gasteiger charge is 2.13. The van der Waals surface area contributed by atoms with Gasteiger partial charge in [-0.15, -0.1) is 10.2 Å². The van der Waals surface area contributed by atoms with Gasteiger partial charge in [0.05, 0.1) is 6.04 Å². The molecule has 6 nitrogen and oxygen atoms in total. The van der Waals surface area contributed by atoms with E-state index in [4.69, 9.17) is 0 Å².